The van der Waals surface area contributed by atoms with Gasteiger partial charge in [-0.25, -0.2) is 14.5 Å². The van der Waals surface area contributed by atoms with Gasteiger partial charge < -0.3 is 40.4 Å². The van der Waals surface area contributed by atoms with Crippen molar-refractivity contribution >= 4 is 139 Å². The Bertz CT molecular complexity index is 2240. The van der Waals surface area contributed by atoms with E-state index in [1.807, 2.05) is 58.0 Å². The number of benzene rings is 4. The molecule has 0 saturated carbocycles. The van der Waals surface area contributed by atoms with E-state index < -0.39 is 26.6 Å². The van der Waals surface area contributed by atoms with Gasteiger partial charge in [0.05, 0.1) is 37.5 Å². The van der Waals surface area contributed by atoms with Crippen molar-refractivity contribution in [3.05, 3.63) is 98.8 Å². The summed E-state index contributed by atoms with van der Waals surface area (Å²) in [5.41, 5.74) is 19.3. The van der Waals surface area contributed by atoms with Crippen LogP contribution < -0.4 is 87.9 Å². The first kappa shape index (κ1) is 58.6. The fourth-order valence-electron chi connectivity index (χ4n) is 5.81. The monoisotopic (exact) mass is 978 g/mol. The van der Waals surface area contributed by atoms with E-state index in [-0.39, 0.29) is 51.4 Å². The minimum atomic E-state index is -3.15. The molecule has 0 aliphatic carbocycles. The first-order valence-corrected chi connectivity index (χ1v) is 37.1. The Morgan fingerprint density at radius 2 is 1.30 bits per heavy atom. The van der Waals surface area contributed by atoms with Gasteiger partial charge in [0.25, 0.3) is 0 Å². The van der Waals surface area contributed by atoms with Crippen molar-refractivity contribution in [2.75, 3.05) is 25.7 Å². The molecular formula is C42H52BBrK3N4O8P. The average Bonchev–Trinajstić information content (AvgIpc) is 3.43. The van der Waals surface area contributed by atoms with Gasteiger partial charge in [-0.05, 0) is 149 Å². The fourth-order valence-corrected chi connectivity index (χ4v) is 6.37. The van der Waals surface area contributed by atoms with Gasteiger partial charge in [-0.1, -0.05) is 45.9 Å². The molecule has 1 saturated heterocycles. The van der Waals surface area contributed by atoms with Gasteiger partial charge in [0, 0.05) is 20.9 Å². The molecule has 12 nitrogen and oxygen atoms in total. The van der Waals surface area contributed by atoms with Crippen LogP contribution in [-0.4, -0.2) is 101 Å². The Morgan fingerprint density at radius 3 is 1.75 bits per heavy atom. The van der Waals surface area contributed by atoms with Crippen LogP contribution in [0.25, 0.3) is 26.5 Å². The fraction of sp³-hybridized carbons (Fsp3) is 0.381. The summed E-state index contributed by atoms with van der Waals surface area (Å²) in [5.74, 6) is 3.01. The van der Waals surface area contributed by atoms with E-state index in [1.165, 1.54) is 85.4 Å². The van der Waals surface area contributed by atoms with Gasteiger partial charge in [0.1, 0.15) is 17.3 Å². The van der Waals surface area contributed by atoms with Gasteiger partial charge in [-0.3, -0.25) is 0 Å². The van der Waals surface area contributed by atoms with Gasteiger partial charge in [-0.2, -0.15) is 0 Å². The first-order chi connectivity index (χ1) is 27.6. The molecule has 4 aromatic carbocycles. The summed E-state index contributed by atoms with van der Waals surface area (Å²) >= 11 is 6.12. The summed E-state index contributed by atoms with van der Waals surface area (Å²) in [6, 6.07) is 20.0. The number of pyridine rings is 1. The molecule has 1 atom stereocenters. The summed E-state index contributed by atoms with van der Waals surface area (Å²) in [6.07, 6.45) is 0. The number of hydrogen-bond acceptors (Lipinski definition) is 11. The summed E-state index contributed by atoms with van der Waals surface area (Å²) in [6.45, 7) is 28.1. The summed E-state index contributed by atoms with van der Waals surface area (Å²) in [4.78, 5) is 17.0. The van der Waals surface area contributed by atoms with Crippen LogP contribution in [0.1, 0.15) is 89.5 Å². The molecule has 2 heterocycles. The molecule has 0 spiro atoms. The number of aromatic nitrogens is 1. The molecule has 1 aromatic heterocycles. The van der Waals surface area contributed by atoms with Crippen molar-refractivity contribution in [1.82, 2.24) is 4.98 Å². The van der Waals surface area contributed by atoms with E-state index in [9.17, 15) is 0 Å². The number of aryl methyl sites for hydroxylation is 2. The number of fused-ring (bicyclic) bond motifs is 3. The number of nitrogen functional groups attached to an aromatic ring is 2. The van der Waals surface area contributed by atoms with E-state index >= 15 is 0 Å². The topological polar surface area (TPSA) is 179 Å². The number of ether oxygens (including phenoxy) is 2. The van der Waals surface area contributed by atoms with Gasteiger partial charge in [0.15, 0.2) is 5.69 Å². The van der Waals surface area contributed by atoms with Crippen LogP contribution in [0.5, 0.6) is 11.5 Å². The number of nitrogens with zero attached hydrogens (tertiary/aromatic N) is 2. The summed E-state index contributed by atoms with van der Waals surface area (Å²) < 4.78 is 34.6. The molecule has 0 amide bonds. The number of hydrogen-bond donors (Lipinski definition) is 2. The molecule has 1 aliphatic rings. The number of halogens is 1. The molecule has 306 valence electrons. The maximum absolute atomic E-state index is 8.87. The van der Waals surface area contributed by atoms with E-state index in [2.05, 4.69) is 96.2 Å². The SMILES string of the molecule is COc1ccc2c(c1)c(N)nc1c(Br)cc(C(C)C)cc12.Cc1cc(C(C)C)cc(C)c1N.O=[P+]([O-])O[O-].[C-]#[N+]c1cc(OC)ccc1B1OC(C)(C)C(C)(C)O1.[K+].[K][K]. The zero-order valence-electron chi connectivity index (χ0n) is 37.6. The van der Waals surface area contributed by atoms with Gasteiger partial charge in [0.2, 0.25) is 0 Å². The third-order valence-electron chi connectivity index (χ3n) is 9.99. The molecule has 1 fully saturated rings. The van der Waals surface area contributed by atoms with Crippen molar-refractivity contribution in [3.8, 4) is 11.5 Å². The van der Waals surface area contributed by atoms with Crippen LogP contribution in [0.15, 0.2) is 65.1 Å². The second-order valence-electron chi connectivity index (χ2n) is 15.1. The maximum atomic E-state index is 8.87. The average molecular weight is 980 g/mol. The molecule has 6 rings (SSSR count). The normalized spacial score (nSPS) is 13.6. The third-order valence-corrected chi connectivity index (χ3v) is 10.7. The van der Waals surface area contributed by atoms with Crippen molar-refractivity contribution in [2.24, 2.45) is 0 Å². The Labute approximate surface area is 453 Å². The van der Waals surface area contributed by atoms with Crippen LogP contribution >= 0.6 is 24.2 Å². The van der Waals surface area contributed by atoms with Crippen molar-refractivity contribution in [3.63, 3.8) is 0 Å². The van der Waals surface area contributed by atoms with E-state index in [0.29, 0.717) is 29.1 Å². The van der Waals surface area contributed by atoms with Crippen molar-refractivity contribution in [1.29, 1.82) is 0 Å². The molecule has 4 N–H and O–H groups in total. The van der Waals surface area contributed by atoms with E-state index in [4.69, 9.17) is 51.5 Å². The molecule has 60 heavy (non-hydrogen) atoms. The number of nitrogens with two attached hydrogens (primary N) is 2. The van der Waals surface area contributed by atoms with Crippen molar-refractivity contribution in [2.45, 2.75) is 92.3 Å². The summed E-state index contributed by atoms with van der Waals surface area (Å²) in [7, 11) is -0.435. The quantitative estimate of drug-likeness (QED) is 0.0447. The Hall–Kier alpha value is 0.594. The van der Waals surface area contributed by atoms with E-state index in [0.717, 1.165) is 43.0 Å². The molecule has 5 aromatic rings. The molecule has 1 unspecified atom stereocenters. The molecule has 0 bridgehead atoms. The van der Waals surface area contributed by atoms with Crippen molar-refractivity contribution < 1.29 is 89.6 Å². The van der Waals surface area contributed by atoms with Crippen LogP contribution in [0, 0.1) is 20.4 Å². The predicted molar refractivity (Wildman–Crippen MR) is 242 cm³/mol. The second kappa shape index (κ2) is 27.3. The molecule has 0 radical (unpaired) electrons. The molecular weight excluding hydrogens is 927 g/mol. The van der Waals surface area contributed by atoms with Crippen LogP contribution in [-0.2, 0) is 18.5 Å². The predicted octanol–water partition coefficient (Wildman–Crippen LogP) is 4.96. The van der Waals surface area contributed by atoms with Gasteiger partial charge >= 0.3 is 130 Å². The standard InChI is InChI=1S/C17H17BrN2O.C14H18BNO3.C11H17N.3K.HO4P/c1-9(2)10-6-13-12-5-4-11(21-3)8-14(12)17(19)20-16(13)15(18)7-10;1-13(2)14(3,4)19-15(18-13)11-8-7-10(17-6)9-12(11)16-5;1-7(2)10-5-8(3)11(12)9(4)6-10;;;;1-4-5(2)3/h4-9H,1-3H3,(H2,19,20);7-9H,1-4,6H3;5-7H,12H2,1-4H3;;;;1H/q;;;;;+1;/p-1. The van der Waals surface area contributed by atoms with Crippen LogP contribution in [0.4, 0.5) is 17.2 Å². The molecule has 1 aliphatic heterocycles. The minimum absolute atomic E-state index is 0. The molecule has 18 heteroatoms. The number of anilines is 2. The number of rotatable bonds is 6. The third kappa shape index (κ3) is 16.2. The van der Waals surface area contributed by atoms with Gasteiger partial charge in [-0.15, -0.1) is 0 Å². The zero-order chi connectivity index (χ0) is 45.0. The zero-order valence-corrected chi connectivity index (χ0v) is 49.5. The summed E-state index contributed by atoms with van der Waals surface area (Å²) in [5, 5.41) is 11.7. The Morgan fingerprint density at radius 1 is 0.833 bits per heavy atom. The number of methoxy groups -OCH3 is 2. The van der Waals surface area contributed by atoms with Crippen LogP contribution in [0.2, 0.25) is 0 Å². The first-order valence-electron chi connectivity index (χ1n) is 19.2. The van der Waals surface area contributed by atoms with E-state index in [1.54, 1.807) is 20.3 Å². The van der Waals surface area contributed by atoms with Crippen LogP contribution in [0.3, 0.4) is 0 Å². The Balaban J connectivity index is 0.000000425. The Kier molecular flexibility index (Phi) is 26.7. The second-order valence-corrected chi connectivity index (χ2v) is 16.6.